The number of carboxylic acid groups (broad SMARTS) is 1. The van der Waals surface area contributed by atoms with Gasteiger partial charge in [-0.15, -0.1) is 0 Å². The van der Waals surface area contributed by atoms with Crippen LogP contribution in [-0.4, -0.2) is 11.9 Å². The van der Waals surface area contributed by atoms with Crippen LogP contribution in [0.15, 0.2) is 24.3 Å². The summed E-state index contributed by atoms with van der Waals surface area (Å²) in [4.78, 5) is 21.2. The lowest BCUT2D eigenvalue weighted by Crippen LogP contribution is -2.27. The minimum atomic E-state index is -1.25. The highest BCUT2D eigenvalue weighted by molar-refractivity contribution is 5.79. The summed E-state index contributed by atoms with van der Waals surface area (Å²) in [5.74, 6) is -1.96. The molecule has 0 heterocycles. The molecule has 0 saturated carbocycles. The molecule has 0 aliphatic rings. The summed E-state index contributed by atoms with van der Waals surface area (Å²) in [6, 6.07) is 5.69. The Labute approximate surface area is 92.1 Å². The maximum atomic E-state index is 12.5. The summed E-state index contributed by atoms with van der Waals surface area (Å²) < 4.78 is 12.5. The van der Waals surface area contributed by atoms with Crippen LogP contribution >= 0.6 is 0 Å². The summed E-state index contributed by atoms with van der Waals surface area (Å²) in [6.07, 6.45) is -0.404. The standard InChI is InChI=1S/C11H12FNO3/c12-9-3-1-8(2-4-9)7-13-10(14)5-6-11(15)16/h1-4H,5-7H2,(H,13,14)(H,15,16)/p-1. The predicted octanol–water partition coefficient (Wildman–Crippen LogP) is -0.0280. The molecule has 0 spiro atoms. The van der Waals surface area contributed by atoms with Gasteiger partial charge in [-0.25, -0.2) is 4.39 Å². The van der Waals surface area contributed by atoms with E-state index in [1.165, 1.54) is 12.1 Å². The molecule has 0 bridgehead atoms. The normalized spacial score (nSPS) is 9.81. The SMILES string of the molecule is O=C([O-])CCC(=O)NCc1ccc(F)cc1. The molecule has 0 radical (unpaired) electrons. The van der Waals surface area contributed by atoms with Crippen molar-refractivity contribution in [1.29, 1.82) is 0 Å². The zero-order chi connectivity index (χ0) is 12.0. The molecule has 86 valence electrons. The Bertz CT molecular complexity index is 375. The van der Waals surface area contributed by atoms with E-state index >= 15 is 0 Å². The summed E-state index contributed by atoms with van der Waals surface area (Å²) in [7, 11) is 0. The maximum Gasteiger partial charge on any atom is 0.220 e. The average molecular weight is 224 g/mol. The first-order valence-corrected chi connectivity index (χ1v) is 4.79. The first-order chi connectivity index (χ1) is 7.58. The molecule has 0 unspecified atom stereocenters. The van der Waals surface area contributed by atoms with Crippen molar-refractivity contribution in [2.75, 3.05) is 0 Å². The number of amides is 1. The van der Waals surface area contributed by atoms with Gasteiger partial charge in [0.05, 0.1) is 0 Å². The number of benzene rings is 1. The Hall–Kier alpha value is -1.91. The van der Waals surface area contributed by atoms with E-state index < -0.39 is 5.97 Å². The summed E-state index contributed by atoms with van der Waals surface area (Å²) in [5.41, 5.74) is 0.753. The highest BCUT2D eigenvalue weighted by atomic mass is 19.1. The van der Waals surface area contributed by atoms with Crippen molar-refractivity contribution in [2.24, 2.45) is 0 Å². The van der Waals surface area contributed by atoms with Gasteiger partial charge in [-0.3, -0.25) is 4.79 Å². The van der Waals surface area contributed by atoms with Crippen LogP contribution in [-0.2, 0) is 16.1 Å². The molecule has 0 aliphatic heterocycles. The van der Waals surface area contributed by atoms with Gasteiger partial charge in [0.25, 0.3) is 0 Å². The van der Waals surface area contributed by atoms with Crippen LogP contribution in [0.1, 0.15) is 18.4 Å². The quantitative estimate of drug-likeness (QED) is 0.763. The van der Waals surface area contributed by atoms with E-state index in [2.05, 4.69) is 5.32 Å². The monoisotopic (exact) mass is 224 g/mol. The van der Waals surface area contributed by atoms with E-state index in [1.54, 1.807) is 12.1 Å². The van der Waals surface area contributed by atoms with Crippen LogP contribution in [0.5, 0.6) is 0 Å². The molecular weight excluding hydrogens is 213 g/mol. The van der Waals surface area contributed by atoms with E-state index in [9.17, 15) is 19.1 Å². The van der Waals surface area contributed by atoms with Crippen molar-refractivity contribution in [3.05, 3.63) is 35.6 Å². The van der Waals surface area contributed by atoms with E-state index in [4.69, 9.17) is 0 Å². The molecule has 1 rings (SSSR count). The second-order valence-electron chi connectivity index (χ2n) is 3.28. The van der Waals surface area contributed by atoms with Gasteiger partial charge >= 0.3 is 0 Å². The minimum Gasteiger partial charge on any atom is -0.550 e. The number of hydrogen-bond donors (Lipinski definition) is 1. The van der Waals surface area contributed by atoms with Crippen LogP contribution in [0.2, 0.25) is 0 Å². The lowest BCUT2D eigenvalue weighted by Gasteiger charge is -2.05. The van der Waals surface area contributed by atoms with Gasteiger partial charge in [-0.05, 0) is 24.1 Å². The third-order valence-corrected chi connectivity index (χ3v) is 1.96. The number of halogens is 1. The maximum absolute atomic E-state index is 12.5. The largest absolute Gasteiger partial charge is 0.550 e. The van der Waals surface area contributed by atoms with Crippen molar-refractivity contribution in [3.63, 3.8) is 0 Å². The van der Waals surface area contributed by atoms with E-state index in [1.807, 2.05) is 0 Å². The smallest absolute Gasteiger partial charge is 0.220 e. The van der Waals surface area contributed by atoms with Crippen LogP contribution in [0, 0.1) is 5.82 Å². The highest BCUT2D eigenvalue weighted by Gasteiger charge is 2.01. The fraction of sp³-hybridized carbons (Fsp3) is 0.273. The molecule has 0 saturated heterocycles. The summed E-state index contributed by atoms with van der Waals surface area (Å²) >= 11 is 0. The molecule has 0 aliphatic carbocycles. The zero-order valence-corrected chi connectivity index (χ0v) is 8.53. The Morgan fingerprint density at radius 2 is 1.81 bits per heavy atom. The van der Waals surface area contributed by atoms with Gasteiger partial charge in [0, 0.05) is 18.9 Å². The van der Waals surface area contributed by atoms with Crippen molar-refractivity contribution in [2.45, 2.75) is 19.4 Å². The summed E-state index contributed by atoms with van der Waals surface area (Å²) in [5, 5.41) is 12.6. The molecule has 1 amide bonds. The molecule has 1 aromatic carbocycles. The molecule has 16 heavy (non-hydrogen) atoms. The van der Waals surface area contributed by atoms with E-state index in [-0.39, 0.29) is 31.1 Å². The Morgan fingerprint density at radius 1 is 1.19 bits per heavy atom. The van der Waals surface area contributed by atoms with Crippen LogP contribution in [0.3, 0.4) is 0 Å². The molecule has 4 nitrogen and oxygen atoms in total. The molecule has 1 N–H and O–H groups in total. The second kappa shape index (κ2) is 5.85. The molecule has 0 atom stereocenters. The number of hydrogen-bond acceptors (Lipinski definition) is 3. The molecule has 5 heteroatoms. The fourth-order valence-corrected chi connectivity index (χ4v) is 1.11. The molecule has 0 aromatic heterocycles. The first kappa shape index (κ1) is 12.2. The Balaban J connectivity index is 2.31. The van der Waals surface area contributed by atoms with Crippen LogP contribution in [0.25, 0.3) is 0 Å². The van der Waals surface area contributed by atoms with E-state index in [0.29, 0.717) is 0 Å². The molecule has 1 aromatic rings. The fourth-order valence-electron chi connectivity index (χ4n) is 1.11. The van der Waals surface area contributed by atoms with Gasteiger partial charge in [0.2, 0.25) is 5.91 Å². The molecular formula is C11H11FNO3-. The predicted molar refractivity (Wildman–Crippen MR) is 52.5 cm³/mol. The number of carbonyl (C=O) groups excluding carboxylic acids is 2. The third kappa shape index (κ3) is 4.54. The van der Waals surface area contributed by atoms with Gasteiger partial charge in [-0.1, -0.05) is 12.1 Å². The number of carboxylic acids is 1. The van der Waals surface area contributed by atoms with Gasteiger partial charge in [0.1, 0.15) is 5.82 Å². The average Bonchev–Trinajstić information content (AvgIpc) is 2.25. The third-order valence-electron chi connectivity index (χ3n) is 1.96. The highest BCUT2D eigenvalue weighted by Crippen LogP contribution is 2.02. The van der Waals surface area contributed by atoms with Crippen LogP contribution < -0.4 is 10.4 Å². The van der Waals surface area contributed by atoms with Crippen LogP contribution in [0.4, 0.5) is 4.39 Å². The minimum absolute atomic E-state index is 0.108. The number of nitrogens with one attached hydrogen (secondary N) is 1. The summed E-state index contributed by atoms with van der Waals surface area (Å²) in [6.45, 7) is 0.256. The number of rotatable bonds is 5. The van der Waals surface area contributed by atoms with Crippen molar-refractivity contribution >= 4 is 11.9 Å². The number of aliphatic carboxylic acids is 1. The number of carbonyl (C=O) groups is 2. The van der Waals surface area contributed by atoms with Crippen molar-refractivity contribution < 1.29 is 19.1 Å². The van der Waals surface area contributed by atoms with Gasteiger partial charge < -0.3 is 15.2 Å². The molecule has 0 fully saturated rings. The topological polar surface area (TPSA) is 69.2 Å². The Kier molecular flexibility index (Phi) is 4.44. The van der Waals surface area contributed by atoms with Gasteiger partial charge in [0.15, 0.2) is 0 Å². The first-order valence-electron chi connectivity index (χ1n) is 4.79. The lowest BCUT2D eigenvalue weighted by molar-refractivity contribution is -0.305. The Morgan fingerprint density at radius 3 is 2.38 bits per heavy atom. The lowest BCUT2D eigenvalue weighted by atomic mass is 10.2. The van der Waals surface area contributed by atoms with Crippen molar-refractivity contribution in [3.8, 4) is 0 Å². The second-order valence-corrected chi connectivity index (χ2v) is 3.28. The van der Waals surface area contributed by atoms with Crippen molar-refractivity contribution in [1.82, 2.24) is 5.32 Å². The van der Waals surface area contributed by atoms with Gasteiger partial charge in [-0.2, -0.15) is 0 Å². The zero-order valence-electron chi connectivity index (χ0n) is 8.53. The van der Waals surface area contributed by atoms with E-state index in [0.717, 1.165) is 5.56 Å².